The van der Waals surface area contributed by atoms with Crippen molar-refractivity contribution in [3.63, 3.8) is 0 Å². The lowest BCUT2D eigenvalue weighted by Crippen LogP contribution is -2.71. The number of hydrogen-bond donors (Lipinski definition) is 1. The van der Waals surface area contributed by atoms with Gasteiger partial charge in [-0.05, 0) is 35.2 Å². The molecule has 0 aliphatic carbocycles. The summed E-state index contributed by atoms with van der Waals surface area (Å²) in [6, 6.07) is 10.6. The van der Waals surface area contributed by atoms with E-state index in [9.17, 15) is 14.0 Å². The van der Waals surface area contributed by atoms with Crippen LogP contribution in [0.1, 0.15) is 17.9 Å². The number of hydrogen-bond acceptors (Lipinski definition) is 4. The van der Waals surface area contributed by atoms with Gasteiger partial charge in [-0.2, -0.15) is 5.10 Å². The highest BCUT2D eigenvalue weighted by Crippen LogP contribution is 2.27. The number of fused-ring (bicyclic) bond motifs is 1. The monoisotopic (exact) mass is 425 g/mol. The minimum atomic E-state index is -1.01. The van der Waals surface area contributed by atoms with Gasteiger partial charge in [0.05, 0.1) is 6.54 Å². The second-order valence-electron chi connectivity index (χ2n) is 8.09. The fraction of sp³-hybridized carbons (Fsp3) is 0.364. The number of aromatic nitrogens is 3. The summed E-state index contributed by atoms with van der Waals surface area (Å²) >= 11 is 0. The number of quaternary nitrogens is 1. The van der Waals surface area contributed by atoms with E-state index in [0.717, 1.165) is 16.8 Å². The summed E-state index contributed by atoms with van der Waals surface area (Å²) in [5.41, 5.74) is 7.38. The molecule has 1 fully saturated rings. The SMILES string of the molecule is CN(C)C(=O)[C@@H](c1ccc(-c2ccn3ncnc3c2)cc1)[C@H]([NH3+])C(=O)N1CC[C@H](F)C1. The number of amides is 2. The van der Waals surface area contributed by atoms with Crippen molar-refractivity contribution in [2.45, 2.75) is 24.6 Å². The van der Waals surface area contributed by atoms with Gasteiger partial charge in [-0.3, -0.25) is 9.59 Å². The number of nitrogens with zero attached hydrogens (tertiary/aromatic N) is 5. The summed E-state index contributed by atoms with van der Waals surface area (Å²) in [5, 5.41) is 4.10. The zero-order valence-electron chi connectivity index (χ0n) is 17.6. The molecule has 162 valence electrons. The Morgan fingerprint density at radius 1 is 1.19 bits per heavy atom. The highest BCUT2D eigenvalue weighted by atomic mass is 19.1. The third-order valence-electron chi connectivity index (χ3n) is 5.75. The second kappa shape index (κ2) is 8.43. The Hall–Kier alpha value is -3.33. The summed E-state index contributed by atoms with van der Waals surface area (Å²) in [6.07, 6.45) is 2.65. The van der Waals surface area contributed by atoms with Crippen LogP contribution in [0.15, 0.2) is 48.9 Å². The molecule has 4 rings (SSSR count). The van der Waals surface area contributed by atoms with E-state index in [1.54, 1.807) is 18.6 Å². The van der Waals surface area contributed by atoms with Gasteiger partial charge in [0, 0.05) is 26.8 Å². The van der Waals surface area contributed by atoms with Crippen LogP contribution in [0, 0.1) is 0 Å². The summed E-state index contributed by atoms with van der Waals surface area (Å²) < 4.78 is 15.3. The first-order valence-corrected chi connectivity index (χ1v) is 10.2. The molecule has 0 spiro atoms. The molecule has 3 atom stereocenters. The average molecular weight is 425 g/mol. The Kier molecular flexibility index (Phi) is 5.69. The van der Waals surface area contributed by atoms with E-state index in [-0.39, 0.29) is 18.4 Å². The van der Waals surface area contributed by atoms with Gasteiger partial charge in [-0.1, -0.05) is 24.3 Å². The molecule has 0 radical (unpaired) electrons. The van der Waals surface area contributed by atoms with Crippen LogP contribution in [0.5, 0.6) is 0 Å². The first-order valence-electron chi connectivity index (χ1n) is 10.2. The molecule has 1 aromatic carbocycles. The second-order valence-corrected chi connectivity index (χ2v) is 8.09. The molecule has 2 aromatic heterocycles. The fourth-order valence-corrected chi connectivity index (χ4v) is 4.00. The molecule has 3 aromatic rings. The van der Waals surface area contributed by atoms with Crippen molar-refractivity contribution in [3.8, 4) is 11.1 Å². The average Bonchev–Trinajstić information content (AvgIpc) is 3.41. The third-order valence-corrected chi connectivity index (χ3v) is 5.75. The van der Waals surface area contributed by atoms with Gasteiger partial charge in [0.25, 0.3) is 5.91 Å². The van der Waals surface area contributed by atoms with Crippen molar-refractivity contribution in [1.82, 2.24) is 24.4 Å². The predicted octanol–water partition coefficient (Wildman–Crippen LogP) is 0.749. The van der Waals surface area contributed by atoms with Crippen LogP contribution in [0.4, 0.5) is 4.39 Å². The molecule has 3 heterocycles. The minimum absolute atomic E-state index is 0.0672. The van der Waals surface area contributed by atoms with Crippen LogP contribution in [0.3, 0.4) is 0 Å². The molecular weight excluding hydrogens is 399 g/mol. The van der Waals surface area contributed by atoms with Crippen LogP contribution in [0.25, 0.3) is 16.8 Å². The van der Waals surface area contributed by atoms with Gasteiger partial charge < -0.3 is 15.5 Å². The Morgan fingerprint density at radius 2 is 1.94 bits per heavy atom. The zero-order chi connectivity index (χ0) is 22.1. The molecule has 9 heteroatoms. The van der Waals surface area contributed by atoms with E-state index in [4.69, 9.17) is 0 Å². The number of carbonyl (C=O) groups is 2. The lowest BCUT2D eigenvalue weighted by molar-refractivity contribution is -0.409. The predicted molar refractivity (Wildman–Crippen MR) is 113 cm³/mol. The number of alkyl halides is 1. The summed E-state index contributed by atoms with van der Waals surface area (Å²) in [4.78, 5) is 33.0. The van der Waals surface area contributed by atoms with Gasteiger partial charge in [-0.25, -0.2) is 13.9 Å². The van der Waals surface area contributed by atoms with E-state index >= 15 is 0 Å². The normalized spacial score (nSPS) is 18.2. The molecule has 0 bridgehead atoms. The molecule has 8 nitrogen and oxygen atoms in total. The number of benzene rings is 1. The van der Waals surface area contributed by atoms with Crippen LogP contribution >= 0.6 is 0 Å². The van der Waals surface area contributed by atoms with E-state index in [1.807, 2.05) is 42.6 Å². The molecule has 1 saturated heterocycles. The van der Waals surface area contributed by atoms with Gasteiger partial charge in [0.2, 0.25) is 5.91 Å². The maximum atomic E-state index is 13.6. The van der Waals surface area contributed by atoms with Crippen LogP contribution < -0.4 is 5.73 Å². The first-order chi connectivity index (χ1) is 14.8. The Morgan fingerprint density at radius 3 is 2.58 bits per heavy atom. The van der Waals surface area contributed by atoms with Crippen molar-refractivity contribution in [2.24, 2.45) is 0 Å². The molecule has 1 aliphatic rings. The highest BCUT2D eigenvalue weighted by Gasteiger charge is 2.40. The zero-order valence-corrected chi connectivity index (χ0v) is 17.6. The molecule has 2 amide bonds. The summed E-state index contributed by atoms with van der Waals surface area (Å²) in [6.45, 7) is 0.427. The third kappa shape index (κ3) is 4.13. The molecule has 0 unspecified atom stereocenters. The maximum Gasteiger partial charge on any atom is 0.282 e. The number of carbonyl (C=O) groups excluding carboxylic acids is 2. The van der Waals surface area contributed by atoms with E-state index in [0.29, 0.717) is 18.5 Å². The maximum absolute atomic E-state index is 13.6. The molecule has 31 heavy (non-hydrogen) atoms. The van der Waals surface area contributed by atoms with E-state index in [1.165, 1.54) is 16.1 Å². The van der Waals surface area contributed by atoms with Crippen molar-refractivity contribution in [1.29, 1.82) is 0 Å². The number of halogens is 1. The fourth-order valence-electron chi connectivity index (χ4n) is 4.00. The number of likely N-dealkylation sites (tertiary alicyclic amines) is 1. The van der Waals surface area contributed by atoms with E-state index < -0.39 is 18.1 Å². The minimum Gasteiger partial charge on any atom is -0.348 e. The standard InChI is InChI=1S/C22H25FN6O2/c1-27(2)21(30)19(20(24)22(31)28-9-8-17(23)12-28)15-5-3-14(4-6-15)16-7-10-29-18(11-16)25-13-26-29/h3-7,10-11,13,17,19-20H,8-9,12,24H2,1-2H3/p+1/t17-,19-,20-/m0/s1. The first kappa shape index (κ1) is 20.9. The van der Waals surface area contributed by atoms with Crippen LogP contribution in [-0.2, 0) is 9.59 Å². The Balaban J connectivity index is 1.62. The van der Waals surface area contributed by atoms with Crippen molar-refractivity contribution < 1.29 is 19.7 Å². The summed E-state index contributed by atoms with van der Waals surface area (Å²) in [5.74, 6) is -1.24. The van der Waals surface area contributed by atoms with Crippen LogP contribution in [-0.4, -0.2) is 75.6 Å². The van der Waals surface area contributed by atoms with E-state index in [2.05, 4.69) is 15.8 Å². The topological polar surface area (TPSA) is 98.5 Å². The van der Waals surface area contributed by atoms with Gasteiger partial charge in [0.15, 0.2) is 11.7 Å². The van der Waals surface area contributed by atoms with Gasteiger partial charge >= 0.3 is 0 Å². The molecule has 1 aliphatic heterocycles. The number of pyridine rings is 1. The molecule has 3 N–H and O–H groups in total. The smallest absolute Gasteiger partial charge is 0.282 e. The quantitative estimate of drug-likeness (QED) is 0.652. The lowest BCUT2D eigenvalue weighted by Gasteiger charge is -2.26. The van der Waals surface area contributed by atoms with Crippen molar-refractivity contribution in [2.75, 3.05) is 27.2 Å². The van der Waals surface area contributed by atoms with Crippen LogP contribution in [0.2, 0.25) is 0 Å². The number of rotatable bonds is 5. The molecule has 0 saturated carbocycles. The largest absolute Gasteiger partial charge is 0.348 e. The van der Waals surface area contributed by atoms with Gasteiger partial charge in [0.1, 0.15) is 18.4 Å². The van der Waals surface area contributed by atoms with Gasteiger partial charge in [-0.15, -0.1) is 0 Å². The molecular formula is C22H26FN6O2+. The van der Waals surface area contributed by atoms with Crippen molar-refractivity contribution >= 4 is 17.5 Å². The lowest BCUT2D eigenvalue weighted by atomic mass is 9.88. The Labute approximate surface area is 179 Å². The highest BCUT2D eigenvalue weighted by molar-refractivity contribution is 5.92. The Bertz CT molecular complexity index is 1100. The number of likely N-dealkylation sites (N-methyl/N-ethyl adjacent to an activating group) is 1. The summed E-state index contributed by atoms with van der Waals surface area (Å²) in [7, 11) is 3.31. The van der Waals surface area contributed by atoms with Crippen molar-refractivity contribution in [3.05, 3.63) is 54.5 Å².